The molecule has 0 aliphatic carbocycles. The van der Waals surface area contributed by atoms with Crippen molar-refractivity contribution in [2.24, 2.45) is 0 Å². The van der Waals surface area contributed by atoms with Gasteiger partial charge in [-0.3, -0.25) is 0 Å². The van der Waals surface area contributed by atoms with Gasteiger partial charge in [0.2, 0.25) is 0 Å². The molecule has 0 saturated heterocycles. The molecule has 2 nitrogen and oxygen atoms in total. The van der Waals surface area contributed by atoms with Crippen LogP contribution in [0.1, 0.15) is 12.5 Å². The van der Waals surface area contributed by atoms with Gasteiger partial charge in [0.25, 0.3) is 0 Å². The highest BCUT2D eigenvalue weighted by molar-refractivity contribution is 5.83. The van der Waals surface area contributed by atoms with Gasteiger partial charge in [-0.2, -0.15) is 0 Å². The molecule has 0 heterocycles. The van der Waals surface area contributed by atoms with E-state index in [0.29, 0.717) is 6.54 Å². The van der Waals surface area contributed by atoms with E-state index in [1.54, 1.807) is 0 Å². The normalized spacial score (nSPS) is 14.9. The minimum Gasteiger partial charge on any atom is -0.384 e. The summed E-state index contributed by atoms with van der Waals surface area (Å²) in [5, 5.41) is 15.7. The first kappa shape index (κ1) is 11.1. The molecule has 1 atom stereocenters. The highest BCUT2D eigenvalue weighted by Gasteiger charge is 2.21. The van der Waals surface area contributed by atoms with Crippen LogP contribution in [0.3, 0.4) is 0 Å². The number of fused-ring (bicyclic) bond motifs is 1. The molecule has 1 unspecified atom stereocenters. The molecule has 2 N–H and O–H groups in total. The summed E-state index contributed by atoms with van der Waals surface area (Å²) in [6.45, 7) is 2.37. The summed E-state index contributed by atoms with van der Waals surface area (Å²) in [7, 11) is 1.84. The molecule has 84 valence electrons. The van der Waals surface area contributed by atoms with Crippen molar-refractivity contribution >= 4 is 10.8 Å². The number of benzene rings is 2. The Bertz CT molecular complexity index is 491. The Hall–Kier alpha value is -1.38. The highest BCUT2D eigenvalue weighted by atomic mass is 16.3. The first-order chi connectivity index (χ1) is 7.63. The molecule has 0 bridgehead atoms. The molecule has 2 heteroatoms. The zero-order valence-electron chi connectivity index (χ0n) is 9.70. The van der Waals surface area contributed by atoms with Crippen LogP contribution >= 0.6 is 0 Å². The summed E-state index contributed by atoms with van der Waals surface area (Å²) < 4.78 is 0. The summed E-state index contributed by atoms with van der Waals surface area (Å²) >= 11 is 0. The fourth-order valence-electron chi connectivity index (χ4n) is 1.97. The van der Waals surface area contributed by atoms with Crippen LogP contribution in [0.25, 0.3) is 10.8 Å². The van der Waals surface area contributed by atoms with Gasteiger partial charge in [-0.15, -0.1) is 0 Å². The molecule has 0 aromatic heterocycles. The average Bonchev–Trinajstić information content (AvgIpc) is 2.28. The zero-order chi connectivity index (χ0) is 11.6. The molecule has 2 aromatic carbocycles. The maximum Gasteiger partial charge on any atom is 0.0992 e. The van der Waals surface area contributed by atoms with E-state index in [-0.39, 0.29) is 0 Å². The smallest absolute Gasteiger partial charge is 0.0992 e. The van der Waals surface area contributed by atoms with E-state index in [4.69, 9.17) is 0 Å². The molecule has 0 amide bonds. The summed E-state index contributed by atoms with van der Waals surface area (Å²) in [6, 6.07) is 14.3. The third kappa shape index (κ3) is 2.08. The molecule has 0 saturated carbocycles. The predicted octanol–water partition coefficient (Wildman–Crippen LogP) is 2.27. The lowest BCUT2D eigenvalue weighted by Gasteiger charge is -2.23. The second-order valence-corrected chi connectivity index (χ2v) is 4.37. The SMILES string of the molecule is CNCC(C)(O)c1ccc2ccccc2c1. The number of nitrogens with one attached hydrogen (secondary N) is 1. The van der Waals surface area contributed by atoms with Crippen LogP contribution in [0.15, 0.2) is 42.5 Å². The summed E-state index contributed by atoms with van der Waals surface area (Å²) in [6.07, 6.45) is 0. The molecule has 2 aromatic rings. The van der Waals surface area contributed by atoms with E-state index in [1.165, 1.54) is 5.39 Å². The largest absolute Gasteiger partial charge is 0.384 e. The maximum atomic E-state index is 10.3. The lowest BCUT2D eigenvalue weighted by atomic mass is 9.93. The van der Waals surface area contributed by atoms with Crippen LogP contribution in [-0.2, 0) is 5.60 Å². The monoisotopic (exact) mass is 215 g/mol. The minimum absolute atomic E-state index is 0.547. The number of likely N-dealkylation sites (N-methyl/N-ethyl adjacent to an activating group) is 1. The Labute approximate surface area is 95.9 Å². The van der Waals surface area contributed by atoms with Crippen LogP contribution < -0.4 is 5.32 Å². The number of hydrogen-bond acceptors (Lipinski definition) is 2. The number of aliphatic hydroxyl groups is 1. The zero-order valence-corrected chi connectivity index (χ0v) is 9.70. The van der Waals surface area contributed by atoms with E-state index in [1.807, 2.05) is 38.2 Å². The Balaban J connectivity index is 2.46. The van der Waals surface area contributed by atoms with Crippen molar-refractivity contribution in [3.8, 4) is 0 Å². The van der Waals surface area contributed by atoms with Gasteiger partial charge in [-0.1, -0.05) is 36.4 Å². The summed E-state index contributed by atoms with van der Waals surface area (Å²) in [5.74, 6) is 0. The maximum absolute atomic E-state index is 10.3. The lowest BCUT2D eigenvalue weighted by molar-refractivity contribution is 0.0593. The Kier molecular flexibility index (Phi) is 2.95. The summed E-state index contributed by atoms with van der Waals surface area (Å²) in [5.41, 5.74) is 0.124. The molecule has 0 aliphatic rings. The molecule has 2 rings (SSSR count). The molecular formula is C14H17NO. The van der Waals surface area contributed by atoms with E-state index in [2.05, 4.69) is 23.5 Å². The molecular weight excluding hydrogens is 198 g/mol. The van der Waals surface area contributed by atoms with Crippen LogP contribution in [-0.4, -0.2) is 18.7 Å². The second kappa shape index (κ2) is 4.24. The average molecular weight is 215 g/mol. The topological polar surface area (TPSA) is 32.3 Å². The number of rotatable bonds is 3. The fourth-order valence-corrected chi connectivity index (χ4v) is 1.97. The van der Waals surface area contributed by atoms with Crippen molar-refractivity contribution in [3.05, 3.63) is 48.0 Å². The van der Waals surface area contributed by atoms with Crippen LogP contribution in [0.2, 0.25) is 0 Å². The molecule has 0 fully saturated rings. The van der Waals surface area contributed by atoms with Crippen molar-refractivity contribution in [1.82, 2.24) is 5.32 Å². The van der Waals surface area contributed by atoms with Crippen molar-refractivity contribution in [2.45, 2.75) is 12.5 Å². The van der Waals surface area contributed by atoms with Crippen LogP contribution in [0, 0.1) is 0 Å². The van der Waals surface area contributed by atoms with E-state index < -0.39 is 5.60 Å². The number of hydrogen-bond donors (Lipinski definition) is 2. The van der Waals surface area contributed by atoms with Gasteiger partial charge in [0.1, 0.15) is 0 Å². The second-order valence-electron chi connectivity index (χ2n) is 4.37. The highest BCUT2D eigenvalue weighted by Crippen LogP contribution is 2.24. The van der Waals surface area contributed by atoms with Crippen molar-refractivity contribution in [2.75, 3.05) is 13.6 Å². The predicted molar refractivity (Wildman–Crippen MR) is 67.4 cm³/mol. The molecule has 0 radical (unpaired) electrons. The van der Waals surface area contributed by atoms with Crippen molar-refractivity contribution in [1.29, 1.82) is 0 Å². The van der Waals surface area contributed by atoms with Crippen LogP contribution in [0.4, 0.5) is 0 Å². The first-order valence-electron chi connectivity index (χ1n) is 5.50. The van der Waals surface area contributed by atoms with Gasteiger partial charge in [0.15, 0.2) is 0 Å². The standard InChI is InChI=1S/C14H17NO/c1-14(16,10-15-2)13-8-7-11-5-3-4-6-12(11)9-13/h3-9,15-16H,10H2,1-2H3. The van der Waals surface area contributed by atoms with Gasteiger partial charge >= 0.3 is 0 Å². The van der Waals surface area contributed by atoms with E-state index >= 15 is 0 Å². The first-order valence-corrected chi connectivity index (χ1v) is 5.50. The van der Waals surface area contributed by atoms with Crippen molar-refractivity contribution < 1.29 is 5.11 Å². The third-order valence-electron chi connectivity index (χ3n) is 2.89. The van der Waals surface area contributed by atoms with Gasteiger partial charge in [0, 0.05) is 6.54 Å². The third-order valence-corrected chi connectivity index (χ3v) is 2.89. The quantitative estimate of drug-likeness (QED) is 0.823. The van der Waals surface area contributed by atoms with Gasteiger partial charge in [0.05, 0.1) is 5.60 Å². The molecule has 0 aliphatic heterocycles. The molecule has 16 heavy (non-hydrogen) atoms. The van der Waals surface area contributed by atoms with Gasteiger partial charge in [-0.25, -0.2) is 0 Å². The van der Waals surface area contributed by atoms with Gasteiger partial charge < -0.3 is 10.4 Å². The fraction of sp³-hybridized carbons (Fsp3) is 0.286. The Morgan fingerprint density at radius 3 is 2.50 bits per heavy atom. The lowest BCUT2D eigenvalue weighted by Crippen LogP contribution is -2.33. The Morgan fingerprint density at radius 1 is 1.12 bits per heavy atom. The van der Waals surface area contributed by atoms with Crippen molar-refractivity contribution in [3.63, 3.8) is 0 Å². The van der Waals surface area contributed by atoms with Gasteiger partial charge in [-0.05, 0) is 36.4 Å². The van der Waals surface area contributed by atoms with E-state index in [0.717, 1.165) is 10.9 Å². The minimum atomic E-state index is -0.821. The Morgan fingerprint density at radius 2 is 1.81 bits per heavy atom. The summed E-state index contributed by atoms with van der Waals surface area (Å²) in [4.78, 5) is 0. The van der Waals surface area contributed by atoms with Crippen LogP contribution in [0.5, 0.6) is 0 Å². The molecule has 0 spiro atoms. The van der Waals surface area contributed by atoms with E-state index in [9.17, 15) is 5.11 Å².